The first-order chi connectivity index (χ1) is 12.7. The summed E-state index contributed by atoms with van der Waals surface area (Å²) in [7, 11) is 0. The van der Waals surface area contributed by atoms with E-state index < -0.39 is 0 Å². The number of hydrogen-bond donors (Lipinski definition) is 1. The molecule has 2 aliphatic rings. The van der Waals surface area contributed by atoms with Crippen molar-refractivity contribution in [3.05, 3.63) is 29.8 Å². The van der Waals surface area contributed by atoms with E-state index in [9.17, 15) is 9.59 Å². The molecule has 6 heteroatoms. The molecule has 27 heavy (non-hydrogen) atoms. The molecule has 1 amide bonds. The Hall–Kier alpha value is -1.59. The minimum absolute atomic E-state index is 0. The van der Waals surface area contributed by atoms with Crippen LogP contribution in [0.4, 0.5) is 0 Å². The lowest BCUT2D eigenvalue weighted by Gasteiger charge is -2.20. The number of amides is 1. The highest BCUT2D eigenvalue weighted by Crippen LogP contribution is 2.27. The molecule has 5 nitrogen and oxygen atoms in total. The predicted octanol–water partition coefficient (Wildman–Crippen LogP) is 3.32. The van der Waals surface area contributed by atoms with E-state index in [1.165, 1.54) is 0 Å². The van der Waals surface area contributed by atoms with E-state index in [1.807, 2.05) is 17.0 Å². The first-order valence-electron chi connectivity index (χ1n) is 9.92. The van der Waals surface area contributed by atoms with Crippen molar-refractivity contribution in [2.45, 2.75) is 39.0 Å². The minimum Gasteiger partial charge on any atom is -0.494 e. The number of Topliss-reactive ketones (excluding diaryl/α,β-unsaturated/α-hetero) is 1. The number of rotatable bonds is 7. The summed E-state index contributed by atoms with van der Waals surface area (Å²) in [5.74, 6) is 2.35. The van der Waals surface area contributed by atoms with E-state index in [1.54, 1.807) is 12.1 Å². The van der Waals surface area contributed by atoms with Crippen molar-refractivity contribution in [3.8, 4) is 5.75 Å². The summed E-state index contributed by atoms with van der Waals surface area (Å²) in [4.78, 5) is 26.8. The highest BCUT2D eigenvalue weighted by atomic mass is 35.5. The van der Waals surface area contributed by atoms with E-state index in [2.05, 4.69) is 12.2 Å². The van der Waals surface area contributed by atoms with Crippen LogP contribution in [0.5, 0.6) is 5.75 Å². The molecular formula is C21H31ClN2O3. The van der Waals surface area contributed by atoms with Crippen molar-refractivity contribution in [2.24, 2.45) is 11.8 Å². The largest absolute Gasteiger partial charge is 0.494 e. The lowest BCUT2D eigenvalue weighted by atomic mass is 9.92. The molecule has 2 atom stereocenters. The average molecular weight is 395 g/mol. The molecule has 0 unspecified atom stereocenters. The Balaban J connectivity index is 0.00000261. The van der Waals surface area contributed by atoms with Gasteiger partial charge in [0.15, 0.2) is 5.78 Å². The molecule has 1 aromatic carbocycles. The third-order valence-corrected chi connectivity index (χ3v) is 5.59. The Morgan fingerprint density at radius 3 is 2.30 bits per heavy atom. The lowest BCUT2D eigenvalue weighted by Crippen LogP contribution is -2.32. The predicted molar refractivity (Wildman–Crippen MR) is 109 cm³/mol. The van der Waals surface area contributed by atoms with Crippen molar-refractivity contribution in [1.82, 2.24) is 10.2 Å². The Labute approximate surface area is 168 Å². The molecule has 0 aromatic heterocycles. The Morgan fingerprint density at radius 2 is 1.70 bits per heavy atom. The Bertz CT molecular complexity index is 606. The molecule has 2 aliphatic heterocycles. The molecule has 1 N–H and O–H groups in total. The molecule has 2 heterocycles. The van der Waals surface area contributed by atoms with Gasteiger partial charge in [0.25, 0.3) is 0 Å². The molecular weight excluding hydrogens is 364 g/mol. The van der Waals surface area contributed by atoms with Gasteiger partial charge in [0, 0.05) is 31.5 Å². The summed E-state index contributed by atoms with van der Waals surface area (Å²) in [6.45, 7) is 6.57. The Morgan fingerprint density at radius 1 is 1.07 bits per heavy atom. The monoisotopic (exact) mass is 394 g/mol. The first kappa shape index (κ1) is 21.7. The van der Waals surface area contributed by atoms with Crippen LogP contribution in [-0.2, 0) is 4.79 Å². The molecule has 1 aromatic rings. The molecule has 2 fully saturated rings. The van der Waals surface area contributed by atoms with Gasteiger partial charge in [-0.1, -0.05) is 6.92 Å². The molecule has 3 rings (SSSR count). The fraction of sp³-hybridized carbons (Fsp3) is 0.619. The van der Waals surface area contributed by atoms with E-state index in [4.69, 9.17) is 4.74 Å². The fourth-order valence-electron chi connectivity index (χ4n) is 3.95. The van der Waals surface area contributed by atoms with Gasteiger partial charge in [0.1, 0.15) is 5.75 Å². The summed E-state index contributed by atoms with van der Waals surface area (Å²) >= 11 is 0. The van der Waals surface area contributed by atoms with Gasteiger partial charge in [0.2, 0.25) is 5.91 Å². The van der Waals surface area contributed by atoms with Gasteiger partial charge in [-0.05, 0) is 68.5 Å². The molecule has 0 saturated carbocycles. The van der Waals surface area contributed by atoms with Crippen molar-refractivity contribution >= 4 is 24.1 Å². The second-order valence-corrected chi connectivity index (χ2v) is 7.43. The van der Waals surface area contributed by atoms with Crippen LogP contribution in [0, 0.1) is 11.8 Å². The summed E-state index contributed by atoms with van der Waals surface area (Å²) in [5.41, 5.74) is 0.651. The van der Waals surface area contributed by atoms with Crippen molar-refractivity contribution < 1.29 is 14.3 Å². The smallest absolute Gasteiger partial charge is 0.223 e. The number of fused-ring (bicyclic) bond motifs is 1. The van der Waals surface area contributed by atoms with Gasteiger partial charge in [-0.15, -0.1) is 12.4 Å². The number of carbonyl (C=O) groups is 2. The van der Waals surface area contributed by atoms with E-state index in [0.29, 0.717) is 30.4 Å². The standard InChI is InChI=1S/C21H30N2O3.ClH/c1-2-13-26-19-5-3-16(4-6-19)20(24)7-8-21(25)23-11-9-17-14-22-15-18(17)10-12-23;/h3-6,17-18,22H,2,7-15H2,1H3;1H/t17-,18+;. The van der Waals surface area contributed by atoms with Crippen molar-refractivity contribution in [3.63, 3.8) is 0 Å². The maximum absolute atomic E-state index is 12.5. The van der Waals surface area contributed by atoms with Gasteiger partial charge < -0.3 is 15.0 Å². The molecule has 0 spiro atoms. The normalized spacial score (nSPS) is 21.7. The number of hydrogen-bond acceptors (Lipinski definition) is 4. The molecule has 2 saturated heterocycles. The summed E-state index contributed by atoms with van der Waals surface area (Å²) in [6, 6.07) is 7.23. The zero-order valence-electron chi connectivity index (χ0n) is 16.1. The van der Waals surface area contributed by atoms with Crippen LogP contribution in [0.15, 0.2) is 24.3 Å². The number of ether oxygens (including phenoxy) is 1. The second kappa shape index (κ2) is 10.7. The van der Waals surface area contributed by atoms with Crippen LogP contribution < -0.4 is 10.1 Å². The number of benzene rings is 1. The third-order valence-electron chi connectivity index (χ3n) is 5.59. The number of halogens is 1. The highest BCUT2D eigenvalue weighted by molar-refractivity contribution is 5.98. The highest BCUT2D eigenvalue weighted by Gasteiger charge is 2.31. The molecule has 150 valence electrons. The number of carbonyl (C=O) groups excluding carboxylic acids is 2. The maximum Gasteiger partial charge on any atom is 0.223 e. The van der Waals surface area contributed by atoms with Gasteiger partial charge >= 0.3 is 0 Å². The number of nitrogens with zero attached hydrogens (tertiary/aromatic N) is 1. The molecule has 0 radical (unpaired) electrons. The summed E-state index contributed by atoms with van der Waals surface area (Å²) in [5, 5.41) is 3.45. The summed E-state index contributed by atoms with van der Waals surface area (Å²) < 4.78 is 5.53. The zero-order chi connectivity index (χ0) is 18.4. The van der Waals surface area contributed by atoms with Crippen LogP contribution in [0.3, 0.4) is 0 Å². The summed E-state index contributed by atoms with van der Waals surface area (Å²) in [6.07, 6.45) is 3.70. The molecule has 0 bridgehead atoms. The Kier molecular flexibility index (Phi) is 8.58. The number of nitrogens with one attached hydrogen (secondary N) is 1. The topological polar surface area (TPSA) is 58.6 Å². The van der Waals surface area contributed by atoms with E-state index in [0.717, 1.165) is 51.2 Å². The minimum atomic E-state index is 0. The van der Waals surface area contributed by atoms with Gasteiger partial charge in [-0.3, -0.25) is 9.59 Å². The quantitative estimate of drug-likeness (QED) is 0.721. The lowest BCUT2D eigenvalue weighted by molar-refractivity contribution is -0.131. The van der Waals surface area contributed by atoms with Gasteiger partial charge in [0.05, 0.1) is 6.61 Å². The SMILES string of the molecule is CCCOc1ccc(C(=O)CCC(=O)N2CC[C@@H]3CNC[C@@H]3CC2)cc1.Cl. The fourth-order valence-corrected chi connectivity index (χ4v) is 3.95. The third kappa shape index (κ3) is 5.94. The van der Waals surface area contributed by atoms with E-state index >= 15 is 0 Å². The van der Waals surface area contributed by atoms with Crippen LogP contribution in [0.2, 0.25) is 0 Å². The van der Waals surface area contributed by atoms with Crippen LogP contribution in [0.25, 0.3) is 0 Å². The molecule has 0 aliphatic carbocycles. The van der Waals surface area contributed by atoms with Crippen LogP contribution >= 0.6 is 12.4 Å². The van der Waals surface area contributed by atoms with E-state index in [-0.39, 0.29) is 30.5 Å². The van der Waals surface area contributed by atoms with Crippen molar-refractivity contribution in [2.75, 3.05) is 32.8 Å². The maximum atomic E-state index is 12.5. The number of ketones is 1. The second-order valence-electron chi connectivity index (χ2n) is 7.43. The zero-order valence-corrected chi connectivity index (χ0v) is 16.9. The van der Waals surface area contributed by atoms with Crippen LogP contribution in [0.1, 0.15) is 49.4 Å². The number of likely N-dealkylation sites (tertiary alicyclic amines) is 1. The van der Waals surface area contributed by atoms with Gasteiger partial charge in [-0.2, -0.15) is 0 Å². The first-order valence-corrected chi connectivity index (χ1v) is 9.92. The van der Waals surface area contributed by atoms with Crippen LogP contribution in [-0.4, -0.2) is 49.4 Å². The average Bonchev–Trinajstić information content (AvgIpc) is 3.02. The van der Waals surface area contributed by atoms with Crippen molar-refractivity contribution in [1.29, 1.82) is 0 Å². The van der Waals surface area contributed by atoms with Gasteiger partial charge in [-0.25, -0.2) is 0 Å².